The van der Waals surface area contributed by atoms with E-state index >= 15 is 0 Å². The number of thiophene rings is 1. The van der Waals surface area contributed by atoms with E-state index in [0.717, 1.165) is 23.4 Å². The molecule has 1 unspecified atom stereocenters. The Labute approximate surface area is 174 Å². The first-order valence-electron chi connectivity index (χ1n) is 9.49. The summed E-state index contributed by atoms with van der Waals surface area (Å²) in [4.78, 5) is 13.9. The molecule has 0 saturated carbocycles. The highest BCUT2D eigenvalue weighted by atomic mass is 32.1. The Balaban J connectivity index is 1.69. The topological polar surface area (TPSA) is 62.7 Å². The lowest BCUT2D eigenvalue weighted by Gasteiger charge is -2.19. The average molecular weight is 415 g/mol. The zero-order valence-corrected chi connectivity index (χ0v) is 18.1. The van der Waals surface area contributed by atoms with E-state index in [-0.39, 0.29) is 11.9 Å². The molecule has 2 aromatic heterocycles. The number of rotatable bonds is 8. The van der Waals surface area contributed by atoms with Gasteiger partial charge in [0.05, 0.1) is 6.04 Å². The molecule has 0 aliphatic carbocycles. The minimum Gasteiger partial charge on any atom is -0.348 e. The molecule has 0 bridgehead atoms. The molecule has 0 aliphatic rings. The van der Waals surface area contributed by atoms with Crippen molar-refractivity contribution >= 4 is 29.5 Å². The van der Waals surface area contributed by atoms with E-state index in [2.05, 4.69) is 41.5 Å². The predicted octanol–water partition coefficient (Wildman–Crippen LogP) is 5.27. The first-order valence-corrected chi connectivity index (χ1v) is 10.8. The van der Waals surface area contributed by atoms with E-state index in [1.54, 1.807) is 11.3 Å². The maximum Gasteiger partial charge on any atom is 0.222 e. The SMILES string of the molecule is Cc1cccc(-c2n[nH]c(=S)n2CCC(=O)NC(CC(C)C)c2cccs2)c1. The first kappa shape index (κ1) is 20.5. The van der Waals surface area contributed by atoms with E-state index in [1.807, 2.05) is 41.1 Å². The number of hydrogen-bond donors (Lipinski definition) is 2. The second kappa shape index (κ2) is 9.30. The number of amides is 1. The molecule has 3 rings (SSSR count). The fourth-order valence-electron chi connectivity index (χ4n) is 3.22. The summed E-state index contributed by atoms with van der Waals surface area (Å²) in [5.41, 5.74) is 2.15. The number of benzene rings is 1. The summed E-state index contributed by atoms with van der Waals surface area (Å²) in [6.07, 6.45) is 1.28. The van der Waals surface area contributed by atoms with E-state index in [1.165, 1.54) is 4.88 Å². The van der Waals surface area contributed by atoms with Gasteiger partial charge in [-0.1, -0.05) is 43.7 Å². The molecule has 148 valence electrons. The third-order valence-corrected chi connectivity index (χ3v) is 5.82. The smallest absolute Gasteiger partial charge is 0.222 e. The number of nitrogens with one attached hydrogen (secondary N) is 2. The number of nitrogens with zero attached hydrogens (tertiary/aromatic N) is 2. The summed E-state index contributed by atoms with van der Waals surface area (Å²) in [6, 6.07) is 12.3. The largest absolute Gasteiger partial charge is 0.348 e. The third kappa shape index (κ3) is 5.17. The molecule has 28 heavy (non-hydrogen) atoms. The molecule has 1 aromatic carbocycles. The van der Waals surface area contributed by atoms with Crippen LogP contribution in [-0.2, 0) is 11.3 Å². The molecular weight excluding hydrogens is 388 g/mol. The van der Waals surface area contributed by atoms with Gasteiger partial charge >= 0.3 is 0 Å². The van der Waals surface area contributed by atoms with Crippen LogP contribution in [0.4, 0.5) is 0 Å². The molecule has 0 spiro atoms. The van der Waals surface area contributed by atoms with Crippen LogP contribution in [0.5, 0.6) is 0 Å². The maximum atomic E-state index is 12.7. The van der Waals surface area contributed by atoms with Crippen LogP contribution >= 0.6 is 23.6 Å². The van der Waals surface area contributed by atoms with Gasteiger partial charge < -0.3 is 5.32 Å². The van der Waals surface area contributed by atoms with Gasteiger partial charge in [-0.2, -0.15) is 5.10 Å². The van der Waals surface area contributed by atoms with Crippen molar-refractivity contribution in [3.05, 3.63) is 57.0 Å². The number of carbonyl (C=O) groups is 1. The van der Waals surface area contributed by atoms with Crippen LogP contribution in [0.2, 0.25) is 0 Å². The number of carbonyl (C=O) groups excluding carboxylic acids is 1. The Kier molecular flexibility index (Phi) is 6.80. The number of aromatic amines is 1. The standard InChI is InChI=1S/C21H26N4OS2/c1-14(2)12-17(18-8-5-11-28-18)22-19(26)9-10-25-20(23-24-21(25)27)16-7-4-6-15(3)13-16/h4-8,11,13-14,17H,9-10,12H2,1-3H3,(H,22,26)(H,24,27). The molecule has 2 N–H and O–H groups in total. The molecule has 0 radical (unpaired) electrons. The van der Waals surface area contributed by atoms with Crippen molar-refractivity contribution < 1.29 is 4.79 Å². The average Bonchev–Trinajstić information content (AvgIpc) is 3.29. The summed E-state index contributed by atoms with van der Waals surface area (Å²) >= 11 is 7.07. The summed E-state index contributed by atoms with van der Waals surface area (Å²) in [7, 11) is 0. The summed E-state index contributed by atoms with van der Waals surface area (Å²) in [5, 5.41) is 12.5. The summed E-state index contributed by atoms with van der Waals surface area (Å²) < 4.78 is 2.42. The van der Waals surface area contributed by atoms with Crippen LogP contribution in [0.1, 0.15) is 43.2 Å². The van der Waals surface area contributed by atoms with Crippen molar-refractivity contribution in [2.45, 2.75) is 46.2 Å². The van der Waals surface area contributed by atoms with Gasteiger partial charge in [-0.05, 0) is 49.0 Å². The fraction of sp³-hybridized carbons (Fsp3) is 0.381. The Morgan fingerprint density at radius 3 is 2.82 bits per heavy atom. The first-order chi connectivity index (χ1) is 13.4. The van der Waals surface area contributed by atoms with Gasteiger partial charge in [-0.3, -0.25) is 14.5 Å². The van der Waals surface area contributed by atoms with E-state index in [4.69, 9.17) is 12.2 Å². The highest BCUT2D eigenvalue weighted by Crippen LogP contribution is 2.25. The maximum absolute atomic E-state index is 12.7. The minimum absolute atomic E-state index is 0.0253. The van der Waals surface area contributed by atoms with Gasteiger partial charge in [-0.15, -0.1) is 11.3 Å². The van der Waals surface area contributed by atoms with E-state index < -0.39 is 0 Å². The second-order valence-corrected chi connectivity index (χ2v) is 8.75. The van der Waals surface area contributed by atoms with Gasteiger partial charge in [0.2, 0.25) is 5.91 Å². The zero-order chi connectivity index (χ0) is 20.1. The molecule has 0 fully saturated rings. The van der Waals surface area contributed by atoms with Crippen molar-refractivity contribution in [3.63, 3.8) is 0 Å². The lowest BCUT2D eigenvalue weighted by atomic mass is 10.0. The quantitative estimate of drug-likeness (QED) is 0.494. The molecule has 3 aromatic rings. The highest BCUT2D eigenvalue weighted by Gasteiger charge is 2.18. The Bertz CT molecular complexity index is 972. The normalized spacial score (nSPS) is 12.3. The minimum atomic E-state index is 0.0253. The molecular formula is C21H26N4OS2. The predicted molar refractivity (Wildman–Crippen MR) is 117 cm³/mol. The Hall–Kier alpha value is -2.25. The molecule has 7 heteroatoms. The Morgan fingerprint density at radius 1 is 1.32 bits per heavy atom. The molecule has 0 saturated heterocycles. The van der Waals surface area contributed by atoms with Gasteiger partial charge in [0, 0.05) is 23.4 Å². The van der Waals surface area contributed by atoms with Crippen LogP contribution in [0.15, 0.2) is 41.8 Å². The number of H-pyrrole nitrogens is 1. The second-order valence-electron chi connectivity index (χ2n) is 7.39. The van der Waals surface area contributed by atoms with Crippen LogP contribution in [0, 0.1) is 17.6 Å². The van der Waals surface area contributed by atoms with Crippen molar-refractivity contribution in [2.24, 2.45) is 5.92 Å². The Morgan fingerprint density at radius 2 is 2.14 bits per heavy atom. The molecule has 2 heterocycles. The highest BCUT2D eigenvalue weighted by molar-refractivity contribution is 7.71. The number of aryl methyl sites for hydroxylation is 1. The monoisotopic (exact) mass is 414 g/mol. The van der Waals surface area contributed by atoms with Crippen molar-refractivity contribution in [1.82, 2.24) is 20.1 Å². The van der Waals surface area contributed by atoms with Crippen LogP contribution in [-0.4, -0.2) is 20.7 Å². The van der Waals surface area contributed by atoms with Crippen molar-refractivity contribution in [3.8, 4) is 11.4 Å². The lowest BCUT2D eigenvalue weighted by molar-refractivity contribution is -0.122. The van der Waals surface area contributed by atoms with Crippen molar-refractivity contribution in [2.75, 3.05) is 0 Å². The summed E-state index contributed by atoms with van der Waals surface area (Å²) in [6.45, 7) is 6.88. The van der Waals surface area contributed by atoms with Gasteiger partial charge in [0.25, 0.3) is 0 Å². The number of aromatic nitrogens is 3. The fourth-order valence-corrected chi connectivity index (χ4v) is 4.23. The van der Waals surface area contributed by atoms with Crippen LogP contribution in [0.25, 0.3) is 11.4 Å². The van der Waals surface area contributed by atoms with Gasteiger partial charge in [0.1, 0.15) is 0 Å². The molecule has 1 amide bonds. The van der Waals surface area contributed by atoms with Gasteiger partial charge in [0.15, 0.2) is 10.6 Å². The van der Waals surface area contributed by atoms with Crippen LogP contribution < -0.4 is 5.32 Å². The number of hydrogen-bond acceptors (Lipinski definition) is 4. The lowest BCUT2D eigenvalue weighted by Crippen LogP contribution is -2.29. The van der Waals surface area contributed by atoms with Gasteiger partial charge in [-0.25, -0.2) is 0 Å². The molecule has 5 nitrogen and oxygen atoms in total. The zero-order valence-electron chi connectivity index (χ0n) is 16.4. The van der Waals surface area contributed by atoms with E-state index in [0.29, 0.717) is 23.7 Å². The van der Waals surface area contributed by atoms with Crippen molar-refractivity contribution in [1.29, 1.82) is 0 Å². The molecule has 1 atom stereocenters. The third-order valence-electron chi connectivity index (χ3n) is 4.53. The molecule has 0 aliphatic heterocycles. The van der Waals surface area contributed by atoms with Crippen LogP contribution in [0.3, 0.4) is 0 Å². The summed E-state index contributed by atoms with van der Waals surface area (Å²) in [5.74, 6) is 1.29. The van der Waals surface area contributed by atoms with E-state index in [9.17, 15) is 4.79 Å².